The average Bonchev–Trinajstić information content (AvgIpc) is 0. The summed E-state index contributed by atoms with van der Waals surface area (Å²) in [6.07, 6.45) is 0. The third kappa shape index (κ3) is 61.9. The Morgan fingerprint density at radius 1 is 0.250 bits per heavy atom. The van der Waals surface area contributed by atoms with Crippen molar-refractivity contribution in [2.24, 2.45) is 0 Å². The van der Waals surface area contributed by atoms with Gasteiger partial charge in [-0.3, -0.25) is 0 Å². The van der Waals surface area contributed by atoms with E-state index < -0.39 is 0 Å². The van der Waals surface area contributed by atoms with Crippen LogP contribution >= 0.6 is 0 Å². The Kier molecular flexibility index (Phi) is 1270. The standard InChI is InChI=1S/5H2O.3Y/h5*1H2;;;/q;;;;;3*+3/p-5. The predicted octanol–water partition coefficient (Wildman–Crippen LogP) is -0.891. The van der Waals surface area contributed by atoms with Crippen LogP contribution in [0.25, 0.3) is 0 Å². The molecule has 0 heterocycles. The van der Waals surface area contributed by atoms with Crippen LogP contribution < -0.4 is 0 Å². The summed E-state index contributed by atoms with van der Waals surface area (Å²) >= 11 is 0. The van der Waals surface area contributed by atoms with Gasteiger partial charge in [0.25, 0.3) is 0 Å². The Bertz CT molecular complexity index is 7.64. The molecule has 8 heteroatoms. The molecule has 0 bridgehead atoms. The fraction of sp³-hybridized carbons (Fsp3) is 0. The van der Waals surface area contributed by atoms with Crippen LogP contribution in [0.15, 0.2) is 0 Å². The molecule has 0 atom stereocenters. The molecule has 0 saturated heterocycles. The van der Waals surface area contributed by atoms with Gasteiger partial charge in [0.05, 0.1) is 0 Å². The SMILES string of the molecule is [OH-].[OH-].[OH-].[OH-].[OH-].[Y+3].[Y+3].[Y+3]. The van der Waals surface area contributed by atoms with Gasteiger partial charge in [-0.05, 0) is 0 Å². The van der Waals surface area contributed by atoms with Gasteiger partial charge in [0.1, 0.15) is 0 Å². The maximum atomic E-state index is 0. The fourth-order valence-electron chi connectivity index (χ4n) is 0. The smallest absolute Gasteiger partial charge is 0.870 e. The van der Waals surface area contributed by atoms with E-state index in [9.17, 15) is 0 Å². The van der Waals surface area contributed by atoms with Crippen molar-refractivity contribution in [3.05, 3.63) is 0 Å². The van der Waals surface area contributed by atoms with Crippen molar-refractivity contribution in [1.82, 2.24) is 0 Å². The van der Waals surface area contributed by atoms with E-state index in [0.29, 0.717) is 0 Å². The van der Waals surface area contributed by atoms with Crippen molar-refractivity contribution in [2.75, 3.05) is 0 Å². The van der Waals surface area contributed by atoms with Gasteiger partial charge in [-0.15, -0.1) is 0 Å². The van der Waals surface area contributed by atoms with Gasteiger partial charge in [-0.2, -0.15) is 0 Å². The zero-order valence-electron chi connectivity index (χ0n) is 3.97. The molecule has 0 spiro atoms. The molecule has 5 N–H and O–H groups in total. The van der Waals surface area contributed by atoms with Gasteiger partial charge in [0, 0.05) is 0 Å². The van der Waals surface area contributed by atoms with E-state index in [1.165, 1.54) is 0 Å². The van der Waals surface area contributed by atoms with Gasteiger partial charge in [0.2, 0.25) is 0 Å². The minimum absolute atomic E-state index is 0. The Hall–Kier alpha value is 3.11. The van der Waals surface area contributed by atoms with Crippen LogP contribution in [-0.2, 0) is 98.1 Å². The minimum Gasteiger partial charge on any atom is -0.870 e. The number of hydrogen-bond acceptors (Lipinski definition) is 5. The first kappa shape index (κ1) is 117. The second-order valence-corrected chi connectivity index (χ2v) is 0. The third-order valence-electron chi connectivity index (χ3n) is 0. The Morgan fingerprint density at radius 3 is 0.250 bits per heavy atom. The van der Waals surface area contributed by atoms with Crippen LogP contribution in [0.3, 0.4) is 0 Å². The Labute approximate surface area is 123 Å². The van der Waals surface area contributed by atoms with E-state index in [4.69, 9.17) is 0 Å². The molecule has 0 aliphatic carbocycles. The van der Waals surface area contributed by atoms with Crippen LogP contribution in [0.2, 0.25) is 0 Å². The molecule has 0 aliphatic heterocycles. The third-order valence-corrected chi connectivity index (χ3v) is 0. The number of hydrogen-bond donors (Lipinski definition) is 0. The van der Waals surface area contributed by atoms with Gasteiger partial charge in [0.15, 0.2) is 0 Å². The molecular weight excluding hydrogens is 347 g/mol. The summed E-state index contributed by atoms with van der Waals surface area (Å²) in [5.41, 5.74) is 0. The molecule has 40 valence electrons. The Morgan fingerprint density at radius 2 is 0.250 bits per heavy atom. The summed E-state index contributed by atoms with van der Waals surface area (Å²) in [5.74, 6) is 0. The molecule has 0 aliphatic rings. The van der Waals surface area contributed by atoms with Gasteiger partial charge in [-0.25, -0.2) is 0 Å². The second kappa shape index (κ2) is 86.7. The topological polar surface area (TPSA) is 150 Å². The molecule has 8 heavy (non-hydrogen) atoms. The number of rotatable bonds is 0. The molecule has 0 aromatic rings. The van der Waals surface area contributed by atoms with Crippen molar-refractivity contribution >= 4 is 0 Å². The summed E-state index contributed by atoms with van der Waals surface area (Å²) in [6.45, 7) is 0. The van der Waals surface area contributed by atoms with E-state index in [2.05, 4.69) is 0 Å². The first-order valence-electron chi connectivity index (χ1n) is 0. The molecule has 5 nitrogen and oxygen atoms in total. The minimum atomic E-state index is 0. The molecule has 0 fully saturated rings. The van der Waals surface area contributed by atoms with Crippen molar-refractivity contribution < 1.29 is 126 Å². The van der Waals surface area contributed by atoms with Gasteiger partial charge < -0.3 is 27.4 Å². The van der Waals surface area contributed by atoms with E-state index in [-0.39, 0.29) is 126 Å². The van der Waals surface area contributed by atoms with E-state index in [1.54, 1.807) is 0 Å². The summed E-state index contributed by atoms with van der Waals surface area (Å²) < 4.78 is 0. The summed E-state index contributed by atoms with van der Waals surface area (Å²) in [5, 5.41) is 0. The van der Waals surface area contributed by atoms with Crippen molar-refractivity contribution in [1.29, 1.82) is 0 Å². The molecule has 0 aromatic heterocycles. The average molecular weight is 352 g/mol. The maximum absolute atomic E-state index is 0. The summed E-state index contributed by atoms with van der Waals surface area (Å²) in [7, 11) is 0. The molecule has 0 aromatic carbocycles. The zero-order valence-corrected chi connectivity index (χ0v) is 12.5. The first-order valence-corrected chi connectivity index (χ1v) is 0. The second-order valence-electron chi connectivity index (χ2n) is 0. The molecule has 0 radical (unpaired) electrons. The van der Waals surface area contributed by atoms with E-state index in [1.807, 2.05) is 0 Å². The normalized spacial score (nSPS) is 0. The van der Waals surface area contributed by atoms with Crippen molar-refractivity contribution in [3.8, 4) is 0 Å². The molecule has 0 amide bonds. The van der Waals surface area contributed by atoms with E-state index in [0.717, 1.165) is 0 Å². The molecule has 0 saturated carbocycles. The molecule has 0 unspecified atom stereocenters. The van der Waals surface area contributed by atoms with Crippen LogP contribution in [-0.4, -0.2) is 27.4 Å². The predicted molar refractivity (Wildman–Crippen MR) is 9.68 cm³/mol. The molecule has 0 rings (SSSR count). The quantitative estimate of drug-likeness (QED) is 0.554. The van der Waals surface area contributed by atoms with Gasteiger partial charge in [-0.1, -0.05) is 0 Å². The van der Waals surface area contributed by atoms with E-state index >= 15 is 0 Å². The van der Waals surface area contributed by atoms with Crippen LogP contribution in [0, 0.1) is 0 Å². The van der Waals surface area contributed by atoms with Crippen molar-refractivity contribution in [2.45, 2.75) is 0 Å². The van der Waals surface area contributed by atoms with Gasteiger partial charge >= 0.3 is 98.1 Å². The summed E-state index contributed by atoms with van der Waals surface area (Å²) in [6, 6.07) is 0. The van der Waals surface area contributed by atoms with Crippen molar-refractivity contribution in [3.63, 3.8) is 0 Å². The summed E-state index contributed by atoms with van der Waals surface area (Å²) in [4.78, 5) is 0. The monoisotopic (exact) mass is 352 g/mol. The first-order chi connectivity index (χ1) is 0. The maximum Gasteiger partial charge on any atom is 3.00 e. The largest absolute Gasteiger partial charge is 3.00 e. The fourth-order valence-corrected chi connectivity index (χ4v) is 0. The van der Waals surface area contributed by atoms with Crippen LogP contribution in [0.5, 0.6) is 0 Å². The zero-order chi connectivity index (χ0) is 0. The Balaban J connectivity index is 0. The van der Waals surface area contributed by atoms with Crippen LogP contribution in [0.4, 0.5) is 0 Å². The molecular formula is H5O5Y3+4. The van der Waals surface area contributed by atoms with Crippen LogP contribution in [0.1, 0.15) is 0 Å².